The Morgan fingerprint density at radius 1 is 1.08 bits per heavy atom. The topological polar surface area (TPSA) is 53.4 Å². The van der Waals surface area contributed by atoms with Crippen LogP contribution in [0.15, 0.2) is 18.7 Å². The van der Waals surface area contributed by atoms with E-state index in [-0.39, 0.29) is 6.03 Å². The molecule has 2 saturated heterocycles. The quantitative estimate of drug-likeness (QED) is 0.805. The third kappa shape index (κ3) is 5.73. The van der Waals surface area contributed by atoms with Crippen LogP contribution in [0.25, 0.3) is 0 Å². The van der Waals surface area contributed by atoms with Crippen molar-refractivity contribution in [2.45, 2.75) is 64.0 Å². The summed E-state index contributed by atoms with van der Waals surface area (Å²) in [5.74, 6) is 0. The monoisotopic (exact) mass is 347 g/mol. The number of amides is 2. The second-order valence-corrected chi connectivity index (χ2v) is 7.43. The standard InChI is InChI=1S/C19H33N5O/c25-19(21-9-3-6-11-22-15-10-20-17-22)24-14-7-8-18(16-24)23-12-4-1-2-5-13-23/h10,15,17-18H,1-9,11-14,16H2,(H,21,25)/t18-/m0/s1. The SMILES string of the molecule is O=C(NCCCCn1ccnc1)N1CCC[C@H](N2CCCCCC2)C1. The molecule has 0 aromatic carbocycles. The molecule has 0 spiro atoms. The number of aromatic nitrogens is 2. The van der Waals surface area contributed by atoms with Gasteiger partial charge in [-0.3, -0.25) is 4.90 Å². The van der Waals surface area contributed by atoms with Crippen LogP contribution in [0.1, 0.15) is 51.4 Å². The Bertz CT molecular complexity index is 496. The maximum atomic E-state index is 12.5. The molecule has 1 atom stereocenters. The summed E-state index contributed by atoms with van der Waals surface area (Å²) < 4.78 is 2.08. The smallest absolute Gasteiger partial charge is 0.317 e. The van der Waals surface area contributed by atoms with Gasteiger partial charge in [-0.25, -0.2) is 9.78 Å². The second kappa shape index (κ2) is 9.80. The van der Waals surface area contributed by atoms with Gasteiger partial charge in [-0.05, 0) is 51.6 Å². The van der Waals surface area contributed by atoms with E-state index in [1.807, 2.05) is 17.4 Å². The molecule has 0 aliphatic carbocycles. The summed E-state index contributed by atoms with van der Waals surface area (Å²) in [5.41, 5.74) is 0. The zero-order valence-corrected chi connectivity index (χ0v) is 15.4. The first-order valence-corrected chi connectivity index (χ1v) is 10.1. The molecule has 2 aliphatic rings. The normalized spacial score (nSPS) is 22.6. The van der Waals surface area contributed by atoms with Gasteiger partial charge in [0.25, 0.3) is 0 Å². The maximum absolute atomic E-state index is 12.5. The van der Waals surface area contributed by atoms with E-state index >= 15 is 0 Å². The molecule has 3 rings (SSSR count). The molecule has 3 heterocycles. The molecule has 2 amide bonds. The lowest BCUT2D eigenvalue weighted by Crippen LogP contribution is -2.52. The van der Waals surface area contributed by atoms with Crippen molar-refractivity contribution < 1.29 is 4.79 Å². The Kier molecular flexibility index (Phi) is 7.15. The van der Waals surface area contributed by atoms with Crippen molar-refractivity contribution in [3.8, 4) is 0 Å². The number of nitrogens with one attached hydrogen (secondary N) is 1. The highest BCUT2D eigenvalue weighted by Crippen LogP contribution is 2.20. The van der Waals surface area contributed by atoms with Gasteiger partial charge in [0.15, 0.2) is 0 Å². The molecule has 6 nitrogen and oxygen atoms in total. The highest BCUT2D eigenvalue weighted by Gasteiger charge is 2.27. The molecule has 1 aromatic rings. The van der Waals surface area contributed by atoms with Crippen molar-refractivity contribution in [3.63, 3.8) is 0 Å². The third-order valence-electron chi connectivity index (χ3n) is 5.52. The Morgan fingerprint density at radius 3 is 2.68 bits per heavy atom. The molecular weight excluding hydrogens is 314 g/mol. The average molecular weight is 348 g/mol. The number of likely N-dealkylation sites (tertiary alicyclic amines) is 2. The lowest BCUT2D eigenvalue weighted by Gasteiger charge is -2.39. The maximum Gasteiger partial charge on any atom is 0.317 e. The number of aryl methyl sites for hydroxylation is 1. The second-order valence-electron chi connectivity index (χ2n) is 7.43. The van der Waals surface area contributed by atoms with Gasteiger partial charge in [-0.1, -0.05) is 12.8 Å². The first kappa shape index (κ1) is 18.2. The van der Waals surface area contributed by atoms with E-state index in [2.05, 4.69) is 19.8 Å². The lowest BCUT2D eigenvalue weighted by molar-refractivity contribution is 0.111. The predicted molar refractivity (Wildman–Crippen MR) is 99.5 cm³/mol. The van der Waals surface area contributed by atoms with Crippen LogP contribution >= 0.6 is 0 Å². The van der Waals surface area contributed by atoms with Crippen LogP contribution in [0.3, 0.4) is 0 Å². The van der Waals surface area contributed by atoms with Gasteiger partial charge >= 0.3 is 6.03 Å². The van der Waals surface area contributed by atoms with E-state index in [4.69, 9.17) is 0 Å². The molecule has 1 aromatic heterocycles. The van der Waals surface area contributed by atoms with Crippen molar-refractivity contribution >= 4 is 6.03 Å². The number of hydrogen-bond donors (Lipinski definition) is 1. The number of carbonyl (C=O) groups is 1. The van der Waals surface area contributed by atoms with E-state index in [9.17, 15) is 4.79 Å². The van der Waals surface area contributed by atoms with E-state index < -0.39 is 0 Å². The largest absolute Gasteiger partial charge is 0.338 e. The molecule has 2 fully saturated rings. The van der Waals surface area contributed by atoms with Crippen LogP contribution in [0, 0.1) is 0 Å². The summed E-state index contributed by atoms with van der Waals surface area (Å²) in [7, 11) is 0. The Labute approximate surface area is 151 Å². The van der Waals surface area contributed by atoms with Crippen LogP contribution in [0.2, 0.25) is 0 Å². The zero-order chi connectivity index (χ0) is 17.3. The van der Waals surface area contributed by atoms with Crippen molar-refractivity contribution in [1.82, 2.24) is 24.7 Å². The minimum Gasteiger partial charge on any atom is -0.338 e. The molecule has 2 aliphatic heterocycles. The minimum atomic E-state index is 0.127. The van der Waals surface area contributed by atoms with Gasteiger partial charge in [0.2, 0.25) is 0 Å². The van der Waals surface area contributed by atoms with Crippen LogP contribution in [0.4, 0.5) is 4.79 Å². The van der Waals surface area contributed by atoms with Gasteiger partial charge in [-0.15, -0.1) is 0 Å². The summed E-state index contributed by atoms with van der Waals surface area (Å²) in [6.07, 6.45) is 15.5. The lowest BCUT2D eigenvalue weighted by atomic mass is 10.0. The number of hydrogen-bond acceptors (Lipinski definition) is 3. The highest BCUT2D eigenvalue weighted by molar-refractivity contribution is 5.74. The van der Waals surface area contributed by atoms with Gasteiger partial charge in [-0.2, -0.15) is 0 Å². The van der Waals surface area contributed by atoms with Gasteiger partial charge in [0.05, 0.1) is 6.33 Å². The number of rotatable bonds is 6. The van der Waals surface area contributed by atoms with Crippen molar-refractivity contribution in [3.05, 3.63) is 18.7 Å². The summed E-state index contributed by atoms with van der Waals surface area (Å²) in [5, 5.41) is 3.11. The number of carbonyl (C=O) groups excluding carboxylic acids is 1. The number of imidazole rings is 1. The van der Waals surface area contributed by atoms with Crippen molar-refractivity contribution in [2.24, 2.45) is 0 Å². The number of piperidine rings is 1. The Morgan fingerprint density at radius 2 is 1.92 bits per heavy atom. The minimum absolute atomic E-state index is 0.127. The Balaban J connectivity index is 1.34. The van der Waals surface area contributed by atoms with Gasteiger partial charge < -0.3 is 14.8 Å². The van der Waals surface area contributed by atoms with E-state index in [0.717, 1.165) is 45.4 Å². The summed E-state index contributed by atoms with van der Waals surface area (Å²) >= 11 is 0. The molecule has 0 saturated carbocycles. The fourth-order valence-electron chi connectivity index (χ4n) is 4.04. The zero-order valence-electron chi connectivity index (χ0n) is 15.4. The van der Waals surface area contributed by atoms with Crippen LogP contribution in [-0.2, 0) is 6.54 Å². The summed E-state index contributed by atoms with van der Waals surface area (Å²) in [6, 6.07) is 0.695. The number of nitrogens with zero attached hydrogens (tertiary/aromatic N) is 4. The fraction of sp³-hybridized carbons (Fsp3) is 0.789. The average Bonchev–Trinajstić information content (AvgIpc) is 3.01. The molecule has 1 N–H and O–H groups in total. The van der Waals surface area contributed by atoms with Gasteiger partial charge in [0.1, 0.15) is 0 Å². The van der Waals surface area contributed by atoms with Crippen LogP contribution in [-0.4, -0.2) is 64.1 Å². The summed E-state index contributed by atoms with van der Waals surface area (Å²) in [4.78, 5) is 21.2. The van der Waals surface area contributed by atoms with Crippen LogP contribution < -0.4 is 5.32 Å². The van der Waals surface area contributed by atoms with Gasteiger partial charge in [0, 0.05) is 44.6 Å². The molecule has 0 unspecified atom stereocenters. The first-order valence-electron chi connectivity index (χ1n) is 10.1. The highest BCUT2D eigenvalue weighted by atomic mass is 16.2. The Hall–Kier alpha value is -1.56. The van der Waals surface area contributed by atoms with Crippen LogP contribution in [0.5, 0.6) is 0 Å². The number of urea groups is 1. The molecule has 140 valence electrons. The van der Waals surface area contributed by atoms with E-state index in [1.54, 1.807) is 6.20 Å². The molecule has 0 bridgehead atoms. The summed E-state index contributed by atoms with van der Waals surface area (Å²) in [6.45, 7) is 5.98. The predicted octanol–water partition coefficient (Wildman–Crippen LogP) is 2.71. The number of unbranched alkanes of at least 4 members (excludes halogenated alkanes) is 1. The molecule has 25 heavy (non-hydrogen) atoms. The third-order valence-corrected chi connectivity index (χ3v) is 5.52. The van der Waals surface area contributed by atoms with Crippen molar-refractivity contribution in [1.29, 1.82) is 0 Å². The molecule has 6 heteroatoms. The molecule has 0 radical (unpaired) electrons. The fourth-order valence-corrected chi connectivity index (χ4v) is 4.04. The van der Waals surface area contributed by atoms with Crippen molar-refractivity contribution in [2.75, 3.05) is 32.7 Å². The first-order chi connectivity index (χ1) is 12.3. The molecular formula is C19H33N5O. The van der Waals surface area contributed by atoms with E-state index in [0.29, 0.717) is 6.04 Å². The van der Waals surface area contributed by atoms with E-state index in [1.165, 1.54) is 45.2 Å².